The molecular weight excluding hydrogens is 350 g/mol. The number of nitrogens with zero attached hydrogens (tertiary/aromatic N) is 3. The molecule has 2 heterocycles. The van der Waals surface area contributed by atoms with Gasteiger partial charge in [0.15, 0.2) is 0 Å². The number of benzene rings is 1. The maximum Gasteiger partial charge on any atom is 0.238 e. The van der Waals surface area contributed by atoms with Crippen molar-refractivity contribution in [1.82, 2.24) is 15.0 Å². The van der Waals surface area contributed by atoms with Crippen LogP contribution in [0.25, 0.3) is 11.3 Å². The molecule has 3 aromatic rings. The van der Waals surface area contributed by atoms with Gasteiger partial charge in [-0.2, -0.15) is 0 Å². The number of anilines is 2. The van der Waals surface area contributed by atoms with Gasteiger partial charge in [0.05, 0.1) is 10.6 Å². The minimum Gasteiger partial charge on any atom is -0.324 e. The zero-order valence-corrected chi connectivity index (χ0v) is 13.8. The highest BCUT2D eigenvalue weighted by molar-refractivity contribution is 7.89. The lowest BCUT2D eigenvalue weighted by molar-refractivity contribution is 0.598. The van der Waals surface area contributed by atoms with Crippen LogP contribution in [-0.2, 0) is 10.0 Å². The summed E-state index contributed by atoms with van der Waals surface area (Å²) in [5.74, 6) is 0.312. The van der Waals surface area contributed by atoms with Crippen molar-refractivity contribution in [2.24, 2.45) is 5.14 Å². The molecule has 7 nitrogen and oxygen atoms in total. The summed E-state index contributed by atoms with van der Waals surface area (Å²) in [5, 5.41) is 8.44. The maximum absolute atomic E-state index is 11.4. The predicted molar refractivity (Wildman–Crippen MR) is 91.4 cm³/mol. The minimum atomic E-state index is -3.78. The lowest BCUT2D eigenvalue weighted by Crippen LogP contribution is -2.12. The van der Waals surface area contributed by atoms with Crippen molar-refractivity contribution in [3.8, 4) is 11.3 Å². The predicted octanol–water partition coefficient (Wildman–Crippen LogP) is 2.58. The van der Waals surface area contributed by atoms with Crippen molar-refractivity contribution < 1.29 is 8.42 Å². The van der Waals surface area contributed by atoms with Crippen molar-refractivity contribution in [3.63, 3.8) is 0 Å². The molecule has 0 atom stereocenters. The molecule has 0 spiro atoms. The van der Waals surface area contributed by atoms with E-state index in [9.17, 15) is 8.42 Å². The Bertz CT molecular complexity index is 994. The number of nitrogens with one attached hydrogen (secondary N) is 1. The molecule has 2 aromatic heterocycles. The molecule has 0 bridgehead atoms. The summed E-state index contributed by atoms with van der Waals surface area (Å²) in [6.07, 6.45) is 3.17. The lowest BCUT2D eigenvalue weighted by atomic mass is 10.2. The van der Waals surface area contributed by atoms with Gasteiger partial charge in [-0.25, -0.2) is 28.5 Å². The topological polar surface area (TPSA) is 111 Å². The van der Waals surface area contributed by atoms with Gasteiger partial charge in [-0.3, -0.25) is 0 Å². The van der Waals surface area contributed by atoms with Gasteiger partial charge in [-0.15, -0.1) is 0 Å². The number of rotatable bonds is 4. The van der Waals surface area contributed by atoms with Crippen LogP contribution in [0.15, 0.2) is 59.8 Å². The number of sulfonamides is 1. The van der Waals surface area contributed by atoms with Crippen molar-refractivity contribution in [3.05, 3.63) is 60.0 Å². The Balaban J connectivity index is 1.91. The van der Waals surface area contributed by atoms with Crippen LogP contribution in [0.5, 0.6) is 0 Å². The Morgan fingerprint density at radius 2 is 1.83 bits per heavy atom. The van der Waals surface area contributed by atoms with Crippen LogP contribution in [-0.4, -0.2) is 23.4 Å². The van der Waals surface area contributed by atoms with Crippen LogP contribution in [0.4, 0.5) is 11.6 Å². The second-order valence-corrected chi connectivity index (χ2v) is 6.78. The van der Waals surface area contributed by atoms with Crippen LogP contribution in [0.2, 0.25) is 5.15 Å². The molecule has 3 rings (SSSR count). The van der Waals surface area contributed by atoms with E-state index in [1.165, 1.54) is 12.1 Å². The molecule has 1 aromatic carbocycles. The molecule has 0 amide bonds. The third-order valence-electron chi connectivity index (χ3n) is 3.10. The van der Waals surface area contributed by atoms with E-state index in [1.807, 2.05) is 0 Å². The summed E-state index contributed by atoms with van der Waals surface area (Å²) in [5.41, 5.74) is 1.95. The molecule has 0 unspecified atom stereocenters. The van der Waals surface area contributed by atoms with Gasteiger partial charge < -0.3 is 5.32 Å². The SMILES string of the molecule is NS(=O)(=O)c1cccc(Nc2nccc(-c3ccnc(Cl)c3)n2)c1. The highest BCUT2D eigenvalue weighted by atomic mass is 35.5. The van der Waals surface area contributed by atoms with Crippen molar-refractivity contribution >= 4 is 33.3 Å². The molecule has 0 saturated carbocycles. The van der Waals surface area contributed by atoms with Gasteiger partial charge in [-0.05, 0) is 36.4 Å². The molecule has 3 N–H and O–H groups in total. The summed E-state index contributed by atoms with van der Waals surface area (Å²) in [6, 6.07) is 11.3. The molecule has 0 fully saturated rings. The Hall–Kier alpha value is -2.55. The van der Waals surface area contributed by atoms with Crippen LogP contribution in [0.3, 0.4) is 0 Å². The first-order chi connectivity index (χ1) is 11.4. The van der Waals surface area contributed by atoms with E-state index in [0.717, 1.165) is 5.56 Å². The fourth-order valence-electron chi connectivity index (χ4n) is 2.02. The third-order valence-corrected chi connectivity index (χ3v) is 4.21. The van der Waals surface area contributed by atoms with Crippen molar-refractivity contribution in [2.45, 2.75) is 4.90 Å². The Labute approximate surface area is 143 Å². The molecule has 0 radical (unpaired) electrons. The fraction of sp³-hybridized carbons (Fsp3) is 0. The third kappa shape index (κ3) is 3.85. The zero-order valence-electron chi connectivity index (χ0n) is 12.2. The summed E-state index contributed by atoms with van der Waals surface area (Å²) >= 11 is 5.89. The van der Waals surface area contributed by atoms with Gasteiger partial charge in [0.25, 0.3) is 0 Å². The van der Waals surface area contributed by atoms with Crippen LogP contribution >= 0.6 is 11.6 Å². The van der Waals surface area contributed by atoms with E-state index in [1.54, 1.807) is 42.7 Å². The number of halogens is 1. The average Bonchev–Trinajstić information content (AvgIpc) is 2.55. The van der Waals surface area contributed by atoms with Gasteiger partial charge in [0.1, 0.15) is 5.15 Å². The van der Waals surface area contributed by atoms with E-state index in [-0.39, 0.29) is 4.90 Å². The van der Waals surface area contributed by atoms with E-state index in [0.29, 0.717) is 22.5 Å². The highest BCUT2D eigenvalue weighted by Gasteiger charge is 2.09. The highest BCUT2D eigenvalue weighted by Crippen LogP contribution is 2.22. The summed E-state index contributed by atoms with van der Waals surface area (Å²) in [4.78, 5) is 12.4. The zero-order chi connectivity index (χ0) is 17.2. The number of aromatic nitrogens is 3. The van der Waals surface area contributed by atoms with Gasteiger partial charge in [0, 0.05) is 23.6 Å². The number of primary sulfonamides is 1. The molecule has 0 aliphatic carbocycles. The molecule has 0 aliphatic heterocycles. The smallest absolute Gasteiger partial charge is 0.238 e. The molecular formula is C15H12ClN5O2S. The Morgan fingerprint density at radius 1 is 1.04 bits per heavy atom. The second kappa shape index (κ2) is 6.52. The minimum absolute atomic E-state index is 0.00423. The van der Waals surface area contributed by atoms with Gasteiger partial charge in [-0.1, -0.05) is 17.7 Å². The molecule has 0 aliphatic rings. The molecule has 122 valence electrons. The van der Waals surface area contributed by atoms with E-state index in [2.05, 4.69) is 20.3 Å². The monoisotopic (exact) mass is 361 g/mol. The van der Waals surface area contributed by atoms with E-state index in [4.69, 9.17) is 16.7 Å². The first kappa shape index (κ1) is 16.3. The summed E-state index contributed by atoms with van der Waals surface area (Å²) in [7, 11) is -3.78. The second-order valence-electron chi connectivity index (χ2n) is 4.83. The summed E-state index contributed by atoms with van der Waals surface area (Å²) in [6.45, 7) is 0. The standard InChI is InChI=1S/C15H12ClN5O2S/c16-14-8-10(4-6-18-14)13-5-7-19-15(21-13)20-11-2-1-3-12(9-11)24(17,22)23/h1-9H,(H2,17,22,23)(H,19,20,21). The lowest BCUT2D eigenvalue weighted by Gasteiger charge is -2.08. The summed E-state index contributed by atoms with van der Waals surface area (Å²) < 4.78 is 22.8. The number of hydrogen-bond acceptors (Lipinski definition) is 6. The molecule has 9 heteroatoms. The quantitative estimate of drug-likeness (QED) is 0.691. The molecule has 24 heavy (non-hydrogen) atoms. The first-order valence-electron chi connectivity index (χ1n) is 6.77. The number of nitrogens with two attached hydrogens (primary N) is 1. The van der Waals surface area contributed by atoms with E-state index < -0.39 is 10.0 Å². The average molecular weight is 362 g/mol. The normalized spacial score (nSPS) is 11.2. The van der Waals surface area contributed by atoms with Crippen LogP contribution < -0.4 is 10.5 Å². The Morgan fingerprint density at radius 3 is 2.58 bits per heavy atom. The van der Waals surface area contributed by atoms with Crippen molar-refractivity contribution in [1.29, 1.82) is 0 Å². The number of pyridine rings is 1. The van der Waals surface area contributed by atoms with Crippen LogP contribution in [0, 0.1) is 0 Å². The number of hydrogen-bond donors (Lipinski definition) is 2. The first-order valence-corrected chi connectivity index (χ1v) is 8.69. The van der Waals surface area contributed by atoms with E-state index >= 15 is 0 Å². The van der Waals surface area contributed by atoms with Gasteiger partial charge in [0.2, 0.25) is 16.0 Å². The van der Waals surface area contributed by atoms with Crippen LogP contribution in [0.1, 0.15) is 0 Å². The Kier molecular flexibility index (Phi) is 4.43. The molecule has 0 saturated heterocycles. The van der Waals surface area contributed by atoms with Gasteiger partial charge >= 0.3 is 0 Å². The largest absolute Gasteiger partial charge is 0.324 e. The maximum atomic E-state index is 11.4. The van der Waals surface area contributed by atoms with Crippen molar-refractivity contribution in [2.75, 3.05) is 5.32 Å². The fourth-order valence-corrected chi connectivity index (χ4v) is 2.75.